The van der Waals surface area contributed by atoms with Crippen LogP contribution in [0.2, 0.25) is 0 Å². The van der Waals surface area contributed by atoms with Crippen LogP contribution in [-0.2, 0) is 24.0 Å². The largest absolute Gasteiger partial charge is 0.347 e. The van der Waals surface area contributed by atoms with Crippen LogP contribution in [0, 0.1) is 29.1 Å². The summed E-state index contributed by atoms with van der Waals surface area (Å²) in [5, 5.41) is 8.72. The number of hydrogen-bond acceptors (Lipinski definition) is 5. The second-order valence-electron chi connectivity index (χ2n) is 14.2. The molecule has 4 rings (SSSR count). The molecule has 4 amide bonds. The van der Waals surface area contributed by atoms with Crippen LogP contribution in [0.3, 0.4) is 0 Å². The molecule has 1 aliphatic heterocycles. The van der Waals surface area contributed by atoms with E-state index < -0.39 is 35.2 Å². The number of rotatable bonds is 11. The number of carbonyl (C=O) groups excluding carboxylic acids is 5. The van der Waals surface area contributed by atoms with Crippen molar-refractivity contribution in [2.45, 2.75) is 136 Å². The summed E-state index contributed by atoms with van der Waals surface area (Å²) in [5.41, 5.74) is -0.556. The van der Waals surface area contributed by atoms with Gasteiger partial charge in [0.1, 0.15) is 12.1 Å². The maximum absolute atomic E-state index is 14.3. The van der Waals surface area contributed by atoms with Crippen LogP contribution in [0.1, 0.15) is 112 Å². The van der Waals surface area contributed by atoms with Crippen LogP contribution in [0.25, 0.3) is 0 Å². The van der Waals surface area contributed by atoms with Crippen molar-refractivity contribution >= 4 is 29.4 Å². The smallest absolute Gasteiger partial charge is 0.289 e. The first-order valence-electron chi connectivity index (χ1n) is 16.2. The number of carbonyl (C=O) groups is 5. The van der Waals surface area contributed by atoms with Crippen molar-refractivity contribution in [1.29, 1.82) is 0 Å². The van der Waals surface area contributed by atoms with Crippen LogP contribution in [-0.4, -0.2) is 65.0 Å². The van der Waals surface area contributed by atoms with E-state index in [4.69, 9.17) is 0 Å². The van der Waals surface area contributed by atoms with Gasteiger partial charge in [0.05, 0.1) is 6.04 Å². The molecule has 6 atom stereocenters. The molecule has 1 heterocycles. The molecule has 3 aliphatic carbocycles. The van der Waals surface area contributed by atoms with E-state index in [1.807, 2.05) is 34.6 Å². The predicted molar refractivity (Wildman–Crippen MR) is 156 cm³/mol. The number of Topliss-reactive ketones (excluding diaryl/α,β-unsaturated/α-hetero) is 1. The first-order chi connectivity index (χ1) is 19.4. The minimum absolute atomic E-state index is 0.00843. The molecule has 3 N–H and O–H groups in total. The average molecular weight is 573 g/mol. The molecule has 1 saturated heterocycles. The van der Waals surface area contributed by atoms with Crippen LogP contribution in [0.5, 0.6) is 0 Å². The van der Waals surface area contributed by atoms with E-state index in [-0.39, 0.29) is 41.5 Å². The summed E-state index contributed by atoms with van der Waals surface area (Å²) in [5.74, 6) is -1.59. The normalized spacial score (nSPS) is 27.0. The van der Waals surface area contributed by atoms with Gasteiger partial charge in [-0.3, -0.25) is 24.0 Å². The van der Waals surface area contributed by atoms with Gasteiger partial charge in [-0.2, -0.15) is 0 Å². The maximum atomic E-state index is 14.3. The Morgan fingerprint density at radius 1 is 0.878 bits per heavy atom. The van der Waals surface area contributed by atoms with Gasteiger partial charge in [0, 0.05) is 18.5 Å². The quantitative estimate of drug-likeness (QED) is 0.327. The van der Waals surface area contributed by atoms with Crippen LogP contribution in [0.15, 0.2) is 0 Å². The lowest BCUT2D eigenvalue weighted by Gasteiger charge is -2.37. The summed E-state index contributed by atoms with van der Waals surface area (Å²) in [6.45, 7) is 10.2. The van der Waals surface area contributed by atoms with Gasteiger partial charge < -0.3 is 20.9 Å². The van der Waals surface area contributed by atoms with Gasteiger partial charge in [0.25, 0.3) is 5.91 Å². The number of fused-ring (bicyclic) bond motifs is 1. The van der Waals surface area contributed by atoms with E-state index in [1.165, 1.54) is 6.42 Å². The van der Waals surface area contributed by atoms with E-state index >= 15 is 0 Å². The summed E-state index contributed by atoms with van der Waals surface area (Å²) < 4.78 is 0. The molecular weight excluding hydrogens is 520 g/mol. The second-order valence-corrected chi connectivity index (χ2v) is 14.2. The Bertz CT molecular complexity index is 997. The fourth-order valence-electron chi connectivity index (χ4n) is 7.26. The molecular formula is C32H52N4O5. The zero-order valence-corrected chi connectivity index (χ0v) is 25.8. The summed E-state index contributed by atoms with van der Waals surface area (Å²) in [4.78, 5) is 68.8. The van der Waals surface area contributed by atoms with Crippen molar-refractivity contribution in [3.63, 3.8) is 0 Å². The first-order valence-corrected chi connectivity index (χ1v) is 16.2. The molecule has 230 valence electrons. The molecule has 0 bridgehead atoms. The number of nitrogens with one attached hydrogen (secondary N) is 3. The highest BCUT2D eigenvalue weighted by Gasteiger charge is 2.52. The molecule has 41 heavy (non-hydrogen) atoms. The minimum atomic E-state index is -0.918. The fourth-order valence-corrected chi connectivity index (χ4v) is 7.26. The van der Waals surface area contributed by atoms with E-state index in [9.17, 15) is 24.0 Å². The lowest BCUT2D eigenvalue weighted by Crippen LogP contribution is -2.60. The number of likely N-dealkylation sites (tertiary alicyclic amines) is 1. The van der Waals surface area contributed by atoms with Gasteiger partial charge in [0.15, 0.2) is 0 Å². The highest BCUT2D eigenvalue weighted by atomic mass is 16.2. The third-order valence-electron chi connectivity index (χ3n) is 9.96. The van der Waals surface area contributed by atoms with Crippen molar-refractivity contribution < 1.29 is 24.0 Å². The Kier molecular flexibility index (Phi) is 10.2. The van der Waals surface area contributed by atoms with E-state index in [0.717, 1.165) is 57.8 Å². The van der Waals surface area contributed by atoms with Crippen molar-refractivity contribution in [3.05, 3.63) is 0 Å². The molecule has 0 aromatic heterocycles. The number of nitrogens with zero attached hydrogens (tertiary/aromatic N) is 1. The van der Waals surface area contributed by atoms with Gasteiger partial charge in [-0.25, -0.2) is 0 Å². The Balaban J connectivity index is 1.51. The number of ketones is 1. The SMILES string of the molecule is CCC[C@H](NC(=O)[C@H]1[C@H]2CCCC2CN1C(=O)[C@H](NC(=O)[C@@H](C)C1CCCCC1)C(C)(C)C)C(=O)C(=O)NC1CC1. The van der Waals surface area contributed by atoms with Gasteiger partial charge >= 0.3 is 0 Å². The zero-order valence-electron chi connectivity index (χ0n) is 25.8. The maximum Gasteiger partial charge on any atom is 0.289 e. The molecule has 9 heteroatoms. The Morgan fingerprint density at radius 3 is 2.17 bits per heavy atom. The lowest BCUT2D eigenvalue weighted by molar-refractivity contribution is -0.146. The highest BCUT2D eigenvalue weighted by Crippen LogP contribution is 2.43. The molecule has 4 fully saturated rings. The molecule has 1 unspecified atom stereocenters. The topological polar surface area (TPSA) is 125 Å². The van der Waals surface area contributed by atoms with E-state index in [1.54, 1.807) is 4.90 Å². The lowest BCUT2D eigenvalue weighted by atomic mass is 9.79. The van der Waals surface area contributed by atoms with Crippen molar-refractivity contribution in [3.8, 4) is 0 Å². The van der Waals surface area contributed by atoms with Gasteiger partial charge in [-0.1, -0.05) is 66.7 Å². The standard InChI is InChI=1S/C32H52N4O5/c1-6-11-24(26(37)30(40)33-22-16-17-22)34-29(39)25-23-15-10-14-21(23)18-36(25)31(41)27(32(3,4)5)35-28(38)19(2)20-12-8-7-9-13-20/h19-25,27H,6-18H2,1-5H3,(H,33,40)(H,34,39)(H,35,38)/t19-,21?,23-,24-,25+,27-/m0/s1. The first kappa shape index (κ1) is 31.5. The zero-order chi connectivity index (χ0) is 29.9. The van der Waals surface area contributed by atoms with Gasteiger partial charge in [-0.05, 0) is 68.1 Å². The Hall–Kier alpha value is -2.45. The highest BCUT2D eigenvalue weighted by molar-refractivity contribution is 6.38. The van der Waals surface area contributed by atoms with E-state index in [0.29, 0.717) is 25.3 Å². The second kappa shape index (κ2) is 13.2. The Morgan fingerprint density at radius 2 is 1.56 bits per heavy atom. The predicted octanol–water partition coefficient (Wildman–Crippen LogP) is 3.49. The summed E-state index contributed by atoms with van der Waals surface area (Å²) in [6, 6.07) is -2.35. The summed E-state index contributed by atoms with van der Waals surface area (Å²) in [7, 11) is 0. The molecule has 0 aromatic rings. The van der Waals surface area contributed by atoms with Gasteiger partial charge in [0.2, 0.25) is 23.5 Å². The fraction of sp³-hybridized carbons (Fsp3) is 0.844. The van der Waals surface area contributed by atoms with E-state index in [2.05, 4.69) is 16.0 Å². The molecule has 0 radical (unpaired) electrons. The van der Waals surface area contributed by atoms with Crippen LogP contribution in [0.4, 0.5) is 0 Å². The molecule has 3 saturated carbocycles. The average Bonchev–Trinajstić information content (AvgIpc) is 3.50. The molecule has 9 nitrogen and oxygen atoms in total. The third-order valence-corrected chi connectivity index (χ3v) is 9.96. The minimum Gasteiger partial charge on any atom is -0.347 e. The molecule has 0 spiro atoms. The van der Waals surface area contributed by atoms with Crippen LogP contribution >= 0.6 is 0 Å². The monoisotopic (exact) mass is 572 g/mol. The molecule has 4 aliphatic rings. The Labute approximate surface area is 245 Å². The van der Waals surface area contributed by atoms with Crippen LogP contribution < -0.4 is 16.0 Å². The van der Waals surface area contributed by atoms with Gasteiger partial charge in [-0.15, -0.1) is 0 Å². The molecule has 0 aromatic carbocycles. The number of hydrogen-bond donors (Lipinski definition) is 3. The summed E-state index contributed by atoms with van der Waals surface area (Å²) >= 11 is 0. The van der Waals surface area contributed by atoms with Crippen molar-refractivity contribution in [1.82, 2.24) is 20.9 Å². The van der Waals surface area contributed by atoms with Crippen molar-refractivity contribution in [2.75, 3.05) is 6.54 Å². The summed E-state index contributed by atoms with van der Waals surface area (Å²) in [6.07, 6.45) is 11.1. The van der Waals surface area contributed by atoms with Crippen molar-refractivity contribution in [2.24, 2.45) is 29.1 Å². The number of amides is 4. The third kappa shape index (κ3) is 7.50.